The van der Waals surface area contributed by atoms with Gasteiger partial charge < -0.3 is 9.80 Å². The van der Waals surface area contributed by atoms with Crippen LogP contribution in [0.3, 0.4) is 0 Å². The molecule has 22 heavy (non-hydrogen) atoms. The summed E-state index contributed by atoms with van der Waals surface area (Å²) in [4.78, 5) is 16.4. The molecule has 0 aliphatic carbocycles. The van der Waals surface area contributed by atoms with Gasteiger partial charge in [-0.1, -0.05) is 17.7 Å². The Hall–Kier alpha value is -1.38. The van der Waals surface area contributed by atoms with E-state index in [1.54, 1.807) is 0 Å². The van der Waals surface area contributed by atoms with Crippen molar-refractivity contribution in [1.82, 2.24) is 4.90 Å². The largest absolute Gasteiger partial charge is 0.369 e. The zero-order valence-electron chi connectivity index (χ0n) is 12.7. The minimum absolute atomic E-state index is 0.130. The van der Waals surface area contributed by atoms with Crippen molar-refractivity contribution in [2.75, 3.05) is 42.6 Å². The summed E-state index contributed by atoms with van der Waals surface area (Å²) in [5, 5.41) is 9.31. The second kappa shape index (κ2) is 8.30. The number of carbonyl (C=O) groups is 1. The van der Waals surface area contributed by atoms with Crippen LogP contribution in [0.4, 0.5) is 5.69 Å². The van der Waals surface area contributed by atoms with Gasteiger partial charge in [-0.25, -0.2) is 0 Å². The predicted molar refractivity (Wildman–Crippen MR) is 92.5 cm³/mol. The van der Waals surface area contributed by atoms with Crippen LogP contribution in [0.2, 0.25) is 5.02 Å². The fourth-order valence-electron chi connectivity index (χ4n) is 2.62. The highest BCUT2D eigenvalue weighted by molar-refractivity contribution is 8.00. The molecule has 1 saturated heterocycles. The summed E-state index contributed by atoms with van der Waals surface area (Å²) in [6, 6.07) is 8.01. The van der Waals surface area contributed by atoms with E-state index >= 15 is 0 Å². The molecule has 2 rings (SSSR count). The molecule has 4 nitrogen and oxygen atoms in total. The van der Waals surface area contributed by atoms with E-state index < -0.39 is 0 Å². The zero-order chi connectivity index (χ0) is 15.9. The molecule has 0 bridgehead atoms. The number of hydrogen-bond acceptors (Lipinski definition) is 4. The molecule has 1 fully saturated rings. The number of nitriles is 1. The van der Waals surface area contributed by atoms with Crippen LogP contribution >= 0.6 is 23.4 Å². The maximum atomic E-state index is 12.1. The summed E-state index contributed by atoms with van der Waals surface area (Å²) in [6.45, 7) is 5.27. The van der Waals surface area contributed by atoms with Crippen molar-refractivity contribution in [2.24, 2.45) is 0 Å². The van der Waals surface area contributed by atoms with Crippen molar-refractivity contribution in [3.05, 3.63) is 28.8 Å². The van der Waals surface area contributed by atoms with Gasteiger partial charge in [0.2, 0.25) is 5.91 Å². The number of hydrogen-bond donors (Lipinski definition) is 0. The van der Waals surface area contributed by atoms with E-state index in [2.05, 4.69) is 11.0 Å². The van der Waals surface area contributed by atoms with Gasteiger partial charge in [0.15, 0.2) is 0 Å². The van der Waals surface area contributed by atoms with Crippen LogP contribution in [0.5, 0.6) is 0 Å². The average molecular weight is 338 g/mol. The first kappa shape index (κ1) is 17.0. The maximum absolute atomic E-state index is 12.1. The molecule has 1 aliphatic rings. The van der Waals surface area contributed by atoms with E-state index in [4.69, 9.17) is 16.9 Å². The van der Waals surface area contributed by atoms with Gasteiger partial charge >= 0.3 is 0 Å². The molecule has 0 aromatic heterocycles. The molecular formula is C16H20ClN3OS. The predicted octanol–water partition coefficient (Wildman–Crippen LogP) is 2.94. The van der Waals surface area contributed by atoms with E-state index in [1.165, 1.54) is 11.8 Å². The molecule has 1 amide bonds. The van der Waals surface area contributed by atoms with Crippen LogP contribution in [-0.4, -0.2) is 48.5 Å². The van der Waals surface area contributed by atoms with Crippen molar-refractivity contribution in [1.29, 1.82) is 5.26 Å². The minimum Gasteiger partial charge on any atom is -0.369 e. The van der Waals surface area contributed by atoms with E-state index in [0.717, 1.165) is 48.9 Å². The summed E-state index contributed by atoms with van der Waals surface area (Å²) in [7, 11) is 0. The summed E-state index contributed by atoms with van der Waals surface area (Å²) < 4.78 is 0. The van der Waals surface area contributed by atoms with Gasteiger partial charge in [0.1, 0.15) is 0 Å². The third-order valence-electron chi connectivity index (χ3n) is 3.82. The standard InChI is InChI=1S/C16H20ClN3OS/c1-13-14(17)4-2-5-15(13)19-7-3-8-20(10-9-19)16(21)12-22-11-6-18/h2,4-5H,3,7-12H2,1H3. The van der Waals surface area contributed by atoms with Gasteiger partial charge in [0.25, 0.3) is 0 Å². The number of amides is 1. The van der Waals surface area contributed by atoms with Crippen LogP contribution in [0.1, 0.15) is 12.0 Å². The Kier molecular flexibility index (Phi) is 6.41. The monoisotopic (exact) mass is 337 g/mol. The summed E-state index contributed by atoms with van der Waals surface area (Å²) in [6.07, 6.45) is 0.945. The smallest absolute Gasteiger partial charge is 0.232 e. The number of nitrogens with zero attached hydrogens (tertiary/aromatic N) is 3. The fourth-order valence-corrected chi connectivity index (χ4v) is 3.34. The molecule has 118 valence electrons. The van der Waals surface area contributed by atoms with E-state index in [1.807, 2.05) is 30.0 Å². The van der Waals surface area contributed by atoms with Gasteiger partial charge in [-0.2, -0.15) is 5.26 Å². The molecule has 0 radical (unpaired) electrons. The maximum Gasteiger partial charge on any atom is 0.232 e. The molecule has 0 atom stereocenters. The van der Waals surface area contributed by atoms with Crippen LogP contribution < -0.4 is 4.90 Å². The van der Waals surface area contributed by atoms with Crippen molar-refractivity contribution < 1.29 is 4.79 Å². The highest BCUT2D eigenvalue weighted by Gasteiger charge is 2.20. The lowest BCUT2D eigenvalue weighted by atomic mass is 10.1. The first-order valence-electron chi connectivity index (χ1n) is 7.36. The molecule has 1 aliphatic heterocycles. The van der Waals surface area contributed by atoms with Crippen LogP contribution in [0.25, 0.3) is 0 Å². The number of halogens is 1. The lowest BCUT2D eigenvalue weighted by Gasteiger charge is -2.25. The van der Waals surface area contributed by atoms with Crippen molar-refractivity contribution in [3.63, 3.8) is 0 Å². The fraction of sp³-hybridized carbons (Fsp3) is 0.500. The van der Waals surface area contributed by atoms with Gasteiger partial charge in [-0.3, -0.25) is 4.79 Å². The van der Waals surface area contributed by atoms with E-state index in [0.29, 0.717) is 11.5 Å². The quantitative estimate of drug-likeness (QED) is 0.792. The third kappa shape index (κ3) is 4.31. The molecule has 0 saturated carbocycles. The normalized spacial score (nSPS) is 15.3. The first-order chi connectivity index (χ1) is 10.6. The van der Waals surface area contributed by atoms with Gasteiger partial charge in [0, 0.05) is 36.9 Å². The summed E-state index contributed by atoms with van der Waals surface area (Å²) in [5.74, 6) is 0.891. The molecule has 6 heteroatoms. The first-order valence-corrected chi connectivity index (χ1v) is 8.89. The summed E-state index contributed by atoms with van der Waals surface area (Å²) >= 11 is 7.58. The Morgan fingerprint density at radius 1 is 1.36 bits per heavy atom. The Balaban J connectivity index is 1.96. The topological polar surface area (TPSA) is 47.3 Å². The number of thioether (sulfide) groups is 1. The third-order valence-corrected chi connectivity index (χ3v) is 5.01. The Bertz CT molecular complexity index is 573. The number of benzene rings is 1. The molecule has 1 aromatic carbocycles. The second-order valence-electron chi connectivity index (χ2n) is 5.26. The van der Waals surface area contributed by atoms with Crippen LogP contribution in [0.15, 0.2) is 18.2 Å². The minimum atomic E-state index is 0.130. The highest BCUT2D eigenvalue weighted by atomic mass is 35.5. The Morgan fingerprint density at radius 3 is 2.95 bits per heavy atom. The Morgan fingerprint density at radius 2 is 2.18 bits per heavy atom. The lowest BCUT2D eigenvalue weighted by molar-refractivity contribution is -0.128. The zero-order valence-corrected chi connectivity index (χ0v) is 14.3. The van der Waals surface area contributed by atoms with E-state index in [-0.39, 0.29) is 5.91 Å². The van der Waals surface area contributed by atoms with Gasteiger partial charge in [-0.15, -0.1) is 11.8 Å². The van der Waals surface area contributed by atoms with Crippen molar-refractivity contribution in [3.8, 4) is 6.07 Å². The number of carbonyl (C=O) groups excluding carboxylic acids is 1. The molecule has 0 N–H and O–H groups in total. The van der Waals surface area contributed by atoms with Gasteiger partial charge in [0.05, 0.1) is 17.6 Å². The molecule has 1 aromatic rings. The average Bonchev–Trinajstić information content (AvgIpc) is 2.76. The van der Waals surface area contributed by atoms with Gasteiger partial charge in [-0.05, 0) is 31.0 Å². The lowest BCUT2D eigenvalue weighted by Crippen LogP contribution is -2.36. The summed E-state index contributed by atoms with van der Waals surface area (Å²) in [5.41, 5.74) is 2.24. The van der Waals surface area contributed by atoms with Crippen LogP contribution in [-0.2, 0) is 4.79 Å². The molecule has 0 unspecified atom stereocenters. The van der Waals surface area contributed by atoms with Crippen molar-refractivity contribution >= 4 is 35.0 Å². The number of anilines is 1. The Labute approximate surface area is 141 Å². The number of rotatable bonds is 4. The SMILES string of the molecule is Cc1c(Cl)cccc1N1CCCN(C(=O)CSCC#N)CC1. The highest BCUT2D eigenvalue weighted by Crippen LogP contribution is 2.27. The van der Waals surface area contributed by atoms with Crippen molar-refractivity contribution in [2.45, 2.75) is 13.3 Å². The molecule has 1 heterocycles. The second-order valence-corrected chi connectivity index (χ2v) is 6.65. The van der Waals surface area contributed by atoms with E-state index in [9.17, 15) is 4.79 Å². The molecular weight excluding hydrogens is 318 g/mol. The van der Waals surface area contributed by atoms with Crippen LogP contribution in [0, 0.1) is 18.3 Å². The molecule has 0 spiro atoms.